The van der Waals surface area contributed by atoms with Gasteiger partial charge < -0.3 is 9.84 Å². The van der Waals surface area contributed by atoms with Gasteiger partial charge in [-0.1, -0.05) is 19.3 Å². The number of H-pyrrole nitrogens is 1. The highest BCUT2D eigenvalue weighted by Crippen LogP contribution is 2.31. The SMILES string of the molecule is COc1ccc(/C=N\n2c(C3CCCCC3)n[nH]c2=S)cc1O. The number of ether oxygens (including phenoxy) is 1. The summed E-state index contributed by atoms with van der Waals surface area (Å²) in [4.78, 5) is 0. The summed E-state index contributed by atoms with van der Waals surface area (Å²) in [6.07, 6.45) is 7.64. The van der Waals surface area contributed by atoms with Gasteiger partial charge in [0.05, 0.1) is 13.3 Å². The first-order valence-electron chi connectivity index (χ1n) is 7.77. The molecule has 2 N–H and O–H groups in total. The van der Waals surface area contributed by atoms with Crippen LogP contribution in [0.4, 0.5) is 0 Å². The van der Waals surface area contributed by atoms with Crippen LogP contribution in [0.25, 0.3) is 0 Å². The van der Waals surface area contributed by atoms with Crippen molar-refractivity contribution in [3.05, 3.63) is 34.4 Å². The van der Waals surface area contributed by atoms with Crippen molar-refractivity contribution in [1.82, 2.24) is 14.9 Å². The Labute approximate surface area is 139 Å². The number of hydrogen-bond donors (Lipinski definition) is 2. The van der Waals surface area contributed by atoms with Gasteiger partial charge in [0.1, 0.15) is 0 Å². The lowest BCUT2D eigenvalue weighted by atomic mass is 9.89. The third-order valence-electron chi connectivity index (χ3n) is 4.17. The summed E-state index contributed by atoms with van der Waals surface area (Å²) >= 11 is 5.28. The van der Waals surface area contributed by atoms with Crippen LogP contribution >= 0.6 is 12.2 Å². The van der Waals surface area contributed by atoms with E-state index < -0.39 is 0 Å². The van der Waals surface area contributed by atoms with Gasteiger partial charge in [-0.3, -0.25) is 5.10 Å². The third kappa shape index (κ3) is 3.44. The van der Waals surface area contributed by atoms with Crippen molar-refractivity contribution in [2.75, 3.05) is 7.11 Å². The van der Waals surface area contributed by atoms with E-state index in [1.807, 2.05) is 6.07 Å². The molecule has 1 aromatic carbocycles. The number of phenols is 1. The molecular weight excluding hydrogens is 312 g/mol. The van der Waals surface area contributed by atoms with Crippen molar-refractivity contribution >= 4 is 18.4 Å². The van der Waals surface area contributed by atoms with E-state index in [0.717, 1.165) is 24.2 Å². The summed E-state index contributed by atoms with van der Waals surface area (Å²) in [6, 6.07) is 5.13. The highest BCUT2D eigenvalue weighted by molar-refractivity contribution is 7.71. The second kappa shape index (κ2) is 6.95. The summed E-state index contributed by atoms with van der Waals surface area (Å²) in [5.41, 5.74) is 0.765. The van der Waals surface area contributed by atoms with Crippen LogP contribution in [0.15, 0.2) is 23.3 Å². The van der Waals surface area contributed by atoms with Crippen LogP contribution in [0.2, 0.25) is 0 Å². The number of methoxy groups -OCH3 is 1. The van der Waals surface area contributed by atoms with Gasteiger partial charge in [-0.05, 0) is 48.8 Å². The van der Waals surface area contributed by atoms with Gasteiger partial charge in [-0.15, -0.1) is 0 Å². The number of nitrogens with one attached hydrogen (secondary N) is 1. The van der Waals surface area contributed by atoms with Crippen molar-refractivity contribution in [2.45, 2.75) is 38.0 Å². The molecule has 0 spiro atoms. The van der Waals surface area contributed by atoms with E-state index in [9.17, 15) is 5.11 Å². The van der Waals surface area contributed by atoms with Crippen LogP contribution in [-0.2, 0) is 0 Å². The van der Waals surface area contributed by atoms with Crippen molar-refractivity contribution < 1.29 is 9.84 Å². The van der Waals surface area contributed by atoms with Crippen LogP contribution in [0, 0.1) is 4.77 Å². The molecule has 1 aliphatic rings. The molecule has 0 atom stereocenters. The summed E-state index contributed by atoms with van der Waals surface area (Å²) in [5.74, 6) is 1.81. The number of phenolic OH excluding ortho intramolecular Hbond substituents is 1. The first-order chi connectivity index (χ1) is 11.2. The van der Waals surface area contributed by atoms with E-state index in [2.05, 4.69) is 15.3 Å². The summed E-state index contributed by atoms with van der Waals surface area (Å²) < 4.78 is 7.21. The molecule has 1 aromatic heterocycles. The molecule has 1 fully saturated rings. The van der Waals surface area contributed by atoms with Crippen molar-refractivity contribution in [3.8, 4) is 11.5 Å². The standard InChI is InChI=1S/C16H20N4O2S/c1-22-14-8-7-11(9-13(14)21)10-17-20-15(18-19-16(20)23)12-5-3-2-4-6-12/h7-10,12,21H,2-6H2,1H3,(H,19,23)/b17-10-. The van der Waals surface area contributed by atoms with Crippen LogP contribution in [-0.4, -0.2) is 33.3 Å². The van der Waals surface area contributed by atoms with Gasteiger partial charge in [0, 0.05) is 5.92 Å². The number of nitrogens with zero attached hydrogens (tertiary/aromatic N) is 3. The highest BCUT2D eigenvalue weighted by Gasteiger charge is 2.21. The Morgan fingerprint density at radius 1 is 1.39 bits per heavy atom. The summed E-state index contributed by atoms with van der Waals surface area (Å²) in [5, 5.41) is 21.5. The highest BCUT2D eigenvalue weighted by atomic mass is 32.1. The lowest BCUT2D eigenvalue weighted by molar-refractivity contribution is 0.373. The molecule has 1 aliphatic carbocycles. The third-order valence-corrected chi connectivity index (χ3v) is 4.44. The van der Waals surface area contributed by atoms with Gasteiger partial charge in [0.25, 0.3) is 0 Å². The van der Waals surface area contributed by atoms with E-state index in [1.54, 1.807) is 23.0 Å². The number of aromatic hydroxyl groups is 1. The van der Waals surface area contributed by atoms with Gasteiger partial charge in [-0.25, -0.2) is 0 Å². The van der Waals surface area contributed by atoms with Crippen LogP contribution in [0.5, 0.6) is 11.5 Å². The molecule has 122 valence electrons. The van der Waals surface area contributed by atoms with Gasteiger partial charge in [0.2, 0.25) is 4.77 Å². The van der Waals surface area contributed by atoms with Crippen molar-refractivity contribution in [1.29, 1.82) is 0 Å². The van der Waals surface area contributed by atoms with E-state index in [4.69, 9.17) is 17.0 Å². The predicted octanol–water partition coefficient (Wildman–Crippen LogP) is 3.58. The Balaban J connectivity index is 1.86. The van der Waals surface area contributed by atoms with Gasteiger partial charge in [-0.2, -0.15) is 14.9 Å². The zero-order valence-electron chi connectivity index (χ0n) is 13.0. The zero-order valence-corrected chi connectivity index (χ0v) is 13.8. The maximum Gasteiger partial charge on any atom is 0.216 e. The fourth-order valence-electron chi connectivity index (χ4n) is 2.95. The molecule has 0 radical (unpaired) electrons. The summed E-state index contributed by atoms with van der Waals surface area (Å²) in [6.45, 7) is 0. The predicted molar refractivity (Wildman–Crippen MR) is 90.9 cm³/mol. The first kappa shape index (κ1) is 15.7. The molecule has 2 aromatic rings. The number of aromatic nitrogens is 3. The molecule has 0 saturated heterocycles. The van der Waals surface area contributed by atoms with Gasteiger partial charge >= 0.3 is 0 Å². The fraction of sp³-hybridized carbons (Fsp3) is 0.438. The quantitative estimate of drug-likeness (QED) is 0.663. The maximum absolute atomic E-state index is 9.83. The molecule has 7 heteroatoms. The van der Waals surface area contributed by atoms with E-state index in [0.29, 0.717) is 16.4 Å². The normalized spacial score (nSPS) is 16.0. The monoisotopic (exact) mass is 332 g/mol. The lowest BCUT2D eigenvalue weighted by Gasteiger charge is -2.19. The molecule has 3 rings (SSSR count). The Hall–Kier alpha value is -2.15. The number of aromatic amines is 1. The van der Waals surface area contributed by atoms with Crippen LogP contribution < -0.4 is 4.74 Å². The minimum absolute atomic E-state index is 0.0831. The number of benzene rings is 1. The Kier molecular flexibility index (Phi) is 4.76. The van der Waals surface area contributed by atoms with Crippen molar-refractivity contribution in [2.24, 2.45) is 5.10 Å². The fourth-order valence-corrected chi connectivity index (χ4v) is 3.14. The van der Waals surface area contributed by atoms with Crippen LogP contribution in [0.1, 0.15) is 49.4 Å². The molecular formula is C16H20N4O2S. The second-order valence-electron chi connectivity index (χ2n) is 5.71. The topological polar surface area (TPSA) is 75.4 Å². The average Bonchev–Trinajstić information content (AvgIpc) is 2.94. The number of rotatable bonds is 4. The summed E-state index contributed by atoms with van der Waals surface area (Å²) in [7, 11) is 1.52. The second-order valence-corrected chi connectivity index (χ2v) is 6.10. The minimum atomic E-state index is 0.0831. The Morgan fingerprint density at radius 3 is 2.87 bits per heavy atom. The average molecular weight is 332 g/mol. The molecule has 1 saturated carbocycles. The smallest absolute Gasteiger partial charge is 0.216 e. The Morgan fingerprint density at radius 2 is 2.17 bits per heavy atom. The maximum atomic E-state index is 9.83. The molecule has 0 unspecified atom stereocenters. The molecule has 0 bridgehead atoms. The molecule has 1 heterocycles. The Bertz CT molecular complexity index is 760. The van der Waals surface area contributed by atoms with E-state index in [-0.39, 0.29) is 5.75 Å². The van der Waals surface area contributed by atoms with Gasteiger partial charge in [0.15, 0.2) is 17.3 Å². The molecule has 0 amide bonds. The zero-order chi connectivity index (χ0) is 16.2. The molecule has 23 heavy (non-hydrogen) atoms. The van der Waals surface area contributed by atoms with E-state index in [1.165, 1.54) is 26.4 Å². The number of hydrogen-bond acceptors (Lipinski definition) is 5. The van der Waals surface area contributed by atoms with Crippen LogP contribution in [0.3, 0.4) is 0 Å². The molecule has 6 nitrogen and oxygen atoms in total. The van der Waals surface area contributed by atoms with Crippen molar-refractivity contribution in [3.63, 3.8) is 0 Å². The largest absolute Gasteiger partial charge is 0.504 e. The lowest BCUT2D eigenvalue weighted by Crippen LogP contribution is -2.10. The first-order valence-corrected chi connectivity index (χ1v) is 8.18. The minimum Gasteiger partial charge on any atom is -0.504 e. The van der Waals surface area contributed by atoms with E-state index >= 15 is 0 Å². The molecule has 0 aliphatic heterocycles.